The Morgan fingerprint density at radius 1 is 0.850 bits per heavy atom. The Kier molecular flexibility index (Phi) is 5.82. The smallest absolute Gasteiger partial charge is 0.0436 e. The monoisotopic (exact) mass is 268 g/mol. The van der Waals surface area contributed by atoms with E-state index in [-0.39, 0.29) is 6.61 Å². The van der Waals surface area contributed by atoms with Gasteiger partial charge in [0.2, 0.25) is 0 Å². The number of rotatable bonds is 7. The minimum Gasteiger partial charge on any atom is -0.396 e. The summed E-state index contributed by atoms with van der Waals surface area (Å²) in [5.41, 5.74) is 3.87. The Morgan fingerprint density at radius 3 is 2.10 bits per heavy atom. The van der Waals surface area contributed by atoms with Gasteiger partial charge < -0.3 is 5.11 Å². The molecule has 0 amide bonds. The van der Waals surface area contributed by atoms with Gasteiger partial charge in [-0.15, -0.1) is 0 Å². The van der Waals surface area contributed by atoms with E-state index < -0.39 is 0 Å². The SMILES string of the molecule is CCCCC(CCO)c1ccc(-c2ccccc2)cc1. The molecule has 1 atom stereocenters. The molecule has 0 saturated heterocycles. The molecule has 0 aromatic heterocycles. The van der Waals surface area contributed by atoms with E-state index in [1.165, 1.54) is 36.0 Å². The first kappa shape index (κ1) is 14.8. The van der Waals surface area contributed by atoms with Crippen molar-refractivity contribution in [3.8, 4) is 11.1 Å². The Morgan fingerprint density at radius 2 is 1.50 bits per heavy atom. The van der Waals surface area contributed by atoms with E-state index >= 15 is 0 Å². The zero-order valence-electron chi connectivity index (χ0n) is 12.3. The molecule has 1 N–H and O–H groups in total. The number of aliphatic hydroxyl groups is 1. The second kappa shape index (κ2) is 7.86. The quantitative estimate of drug-likeness (QED) is 0.748. The van der Waals surface area contributed by atoms with Crippen LogP contribution in [0, 0.1) is 0 Å². The summed E-state index contributed by atoms with van der Waals surface area (Å²) in [5, 5.41) is 9.23. The predicted octanol–water partition coefficient (Wildman–Crippen LogP) is 5.01. The third kappa shape index (κ3) is 3.94. The normalized spacial score (nSPS) is 12.3. The zero-order valence-corrected chi connectivity index (χ0v) is 12.3. The maximum absolute atomic E-state index is 9.23. The minimum absolute atomic E-state index is 0.273. The molecule has 1 heteroatoms. The number of benzene rings is 2. The van der Waals surface area contributed by atoms with Crippen molar-refractivity contribution >= 4 is 0 Å². The molecular formula is C19H24O. The molecule has 0 spiro atoms. The van der Waals surface area contributed by atoms with Crippen molar-refractivity contribution in [2.45, 2.75) is 38.5 Å². The van der Waals surface area contributed by atoms with Crippen LogP contribution in [0.15, 0.2) is 54.6 Å². The van der Waals surface area contributed by atoms with Crippen molar-refractivity contribution < 1.29 is 5.11 Å². The summed E-state index contributed by atoms with van der Waals surface area (Å²) in [6, 6.07) is 19.3. The second-order valence-corrected chi connectivity index (χ2v) is 5.34. The fourth-order valence-electron chi connectivity index (χ4n) is 2.66. The minimum atomic E-state index is 0.273. The van der Waals surface area contributed by atoms with Crippen LogP contribution >= 0.6 is 0 Å². The zero-order chi connectivity index (χ0) is 14.2. The summed E-state index contributed by atoms with van der Waals surface area (Å²) in [7, 11) is 0. The summed E-state index contributed by atoms with van der Waals surface area (Å²) in [5.74, 6) is 0.491. The summed E-state index contributed by atoms with van der Waals surface area (Å²) >= 11 is 0. The number of aliphatic hydroxyl groups excluding tert-OH is 1. The molecule has 1 nitrogen and oxygen atoms in total. The van der Waals surface area contributed by atoms with Crippen LogP contribution in [0.2, 0.25) is 0 Å². The van der Waals surface area contributed by atoms with Crippen molar-refractivity contribution in [1.29, 1.82) is 0 Å². The number of unbranched alkanes of at least 4 members (excludes halogenated alkanes) is 1. The molecule has 20 heavy (non-hydrogen) atoms. The summed E-state index contributed by atoms with van der Waals surface area (Å²) < 4.78 is 0. The van der Waals surface area contributed by atoms with Gasteiger partial charge in [0.1, 0.15) is 0 Å². The second-order valence-electron chi connectivity index (χ2n) is 5.34. The molecule has 0 radical (unpaired) electrons. The highest BCUT2D eigenvalue weighted by molar-refractivity contribution is 5.63. The van der Waals surface area contributed by atoms with Gasteiger partial charge in [-0.05, 0) is 35.4 Å². The van der Waals surface area contributed by atoms with E-state index in [0.717, 1.165) is 6.42 Å². The van der Waals surface area contributed by atoms with Crippen molar-refractivity contribution in [2.24, 2.45) is 0 Å². The van der Waals surface area contributed by atoms with Gasteiger partial charge in [-0.3, -0.25) is 0 Å². The average molecular weight is 268 g/mol. The predicted molar refractivity (Wildman–Crippen MR) is 85.8 cm³/mol. The van der Waals surface area contributed by atoms with Crippen molar-refractivity contribution in [2.75, 3.05) is 6.61 Å². The number of hydrogen-bond donors (Lipinski definition) is 1. The lowest BCUT2D eigenvalue weighted by Gasteiger charge is -2.16. The molecule has 0 saturated carbocycles. The molecule has 2 aromatic carbocycles. The van der Waals surface area contributed by atoms with Crippen LogP contribution in [0.25, 0.3) is 11.1 Å². The summed E-state index contributed by atoms with van der Waals surface area (Å²) in [6.45, 7) is 2.49. The first-order valence-electron chi connectivity index (χ1n) is 7.61. The first-order chi connectivity index (χ1) is 9.85. The topological polar surface area (TPSA) is 20.2 Å². The lowest BCUT2D eigenvalue weighted by atomic mass is 9.90. The lowest BCUT2D eigenvalue weighted by molar-refractivity contribution is 0.271. The molecule has 1 unspecified atom stereocenters. The highest BCUT2D eigenvalue weighted by Crippen LogP contribution is 2.28. The van der Waals surface area contributed by atoms with Crippen LogP contribution in [-0.4, -0.2) is 11.7 Å². The molecular weight excluding hydrogens is 244 g/mol. The van der Waals surface area contributed by atoms with Gasteiger partial charge in [0.25, 0.3) is 0 Å². The molecule has 2 aromatic rings. The van der Waals surface area contributed by atoms with Gasteiger partial charge in [0.05, 0.1) is 0 Å². The van der Waals surface area contributed by atoms with Gasteiger partial charge in [0.15, 0.2) is 0 Å². The maximum Gasteiger partial charge on any atom is 0.0436 e. The Bertz CT molecular complexity index is 487. The lowest BCUT2D eigenvalue weighted by Crippen LogP contribution is -2.01. The van der Waals surface area contributed by atoms with Crippen LogP contribution in [0.5, 0.6) is 0 Å². The van der Waals surface area contributed by atoms with Gasteiger partial charge in [-0.25, -0.2) is 0 Å². The van der Waals surface area contributed by atoms with E-state index in [1.807, 2.05) is 6.07 Å². The number of hydrogen-bond acceptors (Lipinski definition) is 1. The van der Waals surface area contributed by atoms with E-state index in [1.54, 1.807) is 0 Å². The van der Waals surface area contributed by atoms with Crippen molar-refractivity contribution in [3.63, 3.8) is 0 Å². The van der Waals surface area contributed by atoms with Gasteiger partial charge in [-0.1, -0.05) is 74.4 Å². The first-order valence-corrected chi connectivity index (χ1v) is 7.61. The fourth-order valence-corrected chi connectivity index (χ4v) is 2.66. The molecule has 0 fully saturated rings. The Labute approximate surface area is 122 Å². The highest BCUT2D eigenvalue weighted by Gasteiger charge is 2.10. The van der Waals surface area contributed by atoms with Gasteiger partial charge >= 0.3 is 0 Å². The van der Waals surface area contributed by atoms with E-state index in [9.17, 15) is 5.11 Å². The van der Waals surface area contributed by atoms with E-state index in [2.05, 4.69) is 55.5 Å². The van der Waals surface area contributed by atoms with Crippen LogP contribution in [-0.2, 0) is 0 Å². The van der Waals surface area contributed by atoms with Crippen LogP contribution in [0.3, 0.4) is 0 Å². The average Bonchev–Trinajstić information content (AvgIpc) is 2.52. The molecule has 106 valence electrons. The largest absolute Gasteiger partial charge is 0.396 e. The standard InChI is InChI=1S/C19H24O/c1-2-3-7-17(14-15-20)19-12-10-18(11-13-19)16-8-5-4-6-9-16/h4-6,8-13,17,20H,2-3,7,14-15H2,1H3. The Hall–Kier alpha value is -1.60. The van der Waals surface area contributed by atoms with Gasteiger partial charge in [0, 0.05) is 6.61 Å². The third-order valence-electron chi connectivity index (χ3n) is 3.87. The van der Waals surface area contributed by atoms with Crippen molar-refractivity contribution in [1.82, 2.24) is 0 Å². The third-order valence-corrected chi connectivity index (χ3v) is 3.87. The fraction of sp³-hybridized carbons (Fsp3) is 0.368. The van der Waals surface area contributed by atoms with Gasteiger partial charge in [-0.2, -0.15) is 0 Å². The molecule has 0 aliphatic heterocycles. The summed E-state index contributed by atoms with van der Waals surface area (Å²) in [6.07, 6.45) is 4.47. The highest BCUT2D eigenvalue weighted by atomic mass is 16.3. The van der Waals surface area contributed by atoms with E-state index in [0.29, 0.717) is 5.92 Å². The van der Waals surface area contributed by atoms with E-state index in [4.69, 9.17) is 0 Å². The molecule has 0 bridgehead atoms. The molecule has 0 heterocycles. The summed E-state index contributed by atoms with van der Waals surface area (Å²) in [4.78, 5) is 0. The molecule has 2 rings (SSSR count). The van der Waals surface area contributed by atoms with Crippen molar-refractivity contribution in [3.05, 3.63) is 60.2 Å². The van der Waals surface area contributed by atoms with Crippen LogP contribution < -0.4 is 0 Å². The molecule has 0 aliphatic carbocycles. The molecule has 0 aliphatic rings. The maximum atomic E-state index is 9.23. The van der Waals surface area contributed by atoms with Crippen LogP contribution in [0.1, 0.15) is 44.1 Å². The Balaban J connectivity index is 2.13. The van der Waals surface area contributed by atoms with Crippen LogP contribution in [0.4, 0.5) is 0 Å².